The molecule has 132 valence electrons. The van der Waals surface area contributed by atoms with E-state index in [0.717, 1.165) is 13.1 Å². The number of hydrogen-bond donors (Lipinski definition) is 1. The van der Waals surface area contributed by atoms with Gasteiger partial charge in [-0.15, -0.1) is 0 Å². The largest absolute Gasteiger partial charge is 0.459 e. The number of amides is 1. The first-order chi connectivity index (χ1) is 11.3. The number of ether oxygens (including phenoxy) is 1. The fraction of sp³-hybridized carbons (Fsp3) is 0.579. The van der Waals surface area contributed by atoms with Gasteiger partial charge in [0.2, 0.25) is 5.91 Å². The molecule has 24 heavy (non-hydrogen) atoms. The minimum atomic E-state index is -0.348. The molecule has 0 aromatic heterocycles. The number of carbonyl (C=O) groups is 2. The first-order valence-electron chi connectivity index (χ1n) is 8.66. The molecule has 1 aliphatic rings. The van der Waals surface area contributed by atoms with Gasteiger partial charge in [-0.05, 0) is 56.4 Å². The van der Waals surface area contributed by atoms with Gasteiger partial charge in [-0.1, -0.05) is 13.8 Å². The first-order valence-corrected chi connectivity index (χ1v) is 8.66. The molecule has 1 fully saturated rings. The number of esters is 1. The van der Waals surface area contributed by atoms with Crippen molar-refractivity contribution >= 4 is 17.6 Å². The minimum absolute atomic E-state index is 0.0196. The van der Waals surface area contributed by atoms with Crippen molar-refractivity contribution in [3.8, 4) is 0 Å². The summed E-state index contributed by atoms with van der Waals surface area (Å²) in [5.74, 6) is 0.897. The molecule has 0 unspecified atom stereocenters. The highest BCUT2D eigenvalue weighted by Gasteiger charge is 2.23. The van der Waals surface area contributed by atoms with Gasteiger partial charge in [0.05, 0.1) is 18.2 Å². The van der Waals surface area contributed by atoms with Crippen LogP contribution in [0.5, 0.6) is 0 Å². The summed E-state index contributed by atoms with van der Waals surface area (Å²) in [6.07, 6.45) is 1.08. The van der Waals surface area contributed by atoms with E-state index >= 15 is 0 Å². The van der Waals surface area contributed by atoms with Gasteiger partial charge in [0.15, 0.2) is 0 Å². The Balaban J connectivity index is 1.86. The predicted octanol–water partition coefficient (Wildman–Crippen LogP) is 3.17. The van der Waals surface area contributed by atoms with Crippen LogP contribution in [0.1, 0.15) is 44.5 Å². The van der Waals surface area contributed by atoms with Gasteiger partial charge in [-0.25, -0.2) is 4.79 Å². The summed E-state index contributed by atoms with van der Waals surface area (Å²) in [6.45, 7) is 10.4. The Morgan fingerprint density at radius 2 is 1.75 bits per heavy atom. The van der Waals surface area contributed by atoms with Crippen LogP contribution >= 0.6 is 0 Å². The van der Waals surface area contributed by atoms with E-state index in [0.29, 0.717) is 29.6 Å². The van der Waals surface area contributed by atoms with Crippen LogP contribution in [-0.2, 0) is 9.53 Å². The average Bonchev–Trinajstić information content (AvgIpc) is 2.45. The van der Waals surface area contributed by atoms with E-state index in [1.807, 2.05) is 13.8 Å². The third kappa shape index (κ3) is 5.64. The van der Waals surface area contributed by atoms with Gasteiger partial charge in [0.1, 0.15) is 0 Å². The standard InChI is InChI=1S/C19H28N2O3/c1-13(2)24-19(23)16-5-7-17(8-6-16)20-18(22)12-21-10-14(3)9-15(4)11-21/h5-8,13-15H,9-12H2,1-4H3,(H,20,22)/t14-,15-/m0/s1. The van der Waals surface area contributed by atoms with Crippen molar-refractivity contribution in [1.29, 1.82) is 0 Å². The van der Waals surface area contributed by atoms with Crippen LogP contribution in [-0.4, -0.2) is 42.5 Å². The van der Waals surface area contributed by atoms with Crippen molar-refractivity contribution in [3.05, 3.63) is 29.8 Å². The van der Waals surface area contributed by atoms with Crippen molar-refractivity contribution in [2.45, 2.75) is 40.2 Å². The van der Waals surface area contributed by atoms with Crippen LogP contribution in [0.15, 0.2) is 24.3 Å². The van der Waals surface area contributed by atoms with Gasteiger partial charge in [0, 0.05) is 18.8 Å². The Kier molecular flexibility index (Phi) is 6.37. The van der Waals surface area contributed by atoms with Crippen LogP contribution < -0.4 is 5.32 Å². The second-order valence-electron chi connectivity index (χ2n) is 7.22. The van der Waals surface area contributed by atoms with Crippen molar-refractivity contribution < 1.29 is 14.3 Å². The average molecular weight is 332 g/mol. The first kappa shape index (κ1) is 18.5. The van der Waals surface area contributed by atoms with Crippen LogP contribution in [0.25, 0.3) is 0 Å². The molecule has 0 saturated carbocycles. The third-order valence-corrected chi connectivity index (χ3v) is 4.06. The van der Waals surface area contributed by atoms with Crippen LogP contribution in [0.4, 0.5) is 5.69 Å². The van der Waals surface area contributed by atoms with Crippen LogP contribution in [0.2, 0.25) is 0 Å². The van der Waals surface area contributed by atoms with Gasteiger partial charge >= 0.3 is 5.97 Å². The summed E-state index contributed by atoms with van der Waals surface area (Å²) >= 11 is 0. The van der Waals surface area contributed by atoms with E-state index in [9.17, 15) is 9.59 Å². The molecule has 1 aromatic carbocycles. The molecule has 0 spiro atoms. The second kappa shape index (κ2) is 8.29. The molecule has 5 nitrogen and oxygen atoms in total. The van der Waals surface area contributed by atoms with Crippen molar-refractivity contribution in [1.82, 2.24) is 4.90 Å². The fourth-order valence-corrected chi connectivity index (χ4v) is 3.30. The number of nitrogens with zero attached hydrogens (tertiary/aromatic N) is 1. The lowest BCUT2D eigenvalue weighted by Gasteiger charge is -2.34. The normalized spacial score (nSPS) is 21.5. The third-order valence-electron chi connectivity index (χ3n) is 4.06. The summed E-state index contributed by atoms with van der Waals surface area (Å²) in [4.78, 5) is 26.2. The number of piperidine rings is 1. The lowest BCUT2D eigenvalue weighted by molar-refractivity contribution is -0.117. The molecule has 1 amide bonds. The highest BCUT2D eigenvalue weighted by Crippen LogP contribution is 2.20. The molecule has 1 aliphatic heterocycles. The number of benzene rings is 1. The maximum absolute atomic E-state index is 12.2. The second-order valence-corrected chi connectivity index (χ2v) is 7.22. The maximum Gasteiger partial charge on any atom is 0.338 e. The number of likely N-dealkylation sites (tertiary alicyclic amines) is 1. The van der Waals surface area contributed by atoms with E-state index in [2.05, 4.69) is 24.1 Å². The minimum Gasteiger partial charge on any atom is -0.459 e. The molecule has 1 heterocycles. The van der Waals surface area contributed by atoms with Crippen LogP contribution in [0.3, 0.4) is 0 Å². The highest BCUT2D eigenvalue weighted by molar-refractivity contribution is 5.94. The molecule has 1 saturated heterocycles. The Hall–Kier alpha value is -1.88. The molecule has 0 aliphatic carbocycles. The molecule has 1 N–H and O–H groups in total. The number of nitrogens with one attached hydrogen (secondary N) is 1. The topological polar surface area (TPSA) is 58.6 Å². The van der Waals surface area contributed by atoms with Gasteiger partial charge in [-0.2, -0.15) is 0 Å². The van der Waals surface area contributed by atoms with E-state index in [1.165, 1.54) is 6.42 Å². The maximum atomic E-state index is 12.2. The molecule has 2 rings (SSSR count). The Labute approximate surface area is 144 Å². The molecule has 5 heteroatoms. The monoisotopic (exact) mass is 332 g/mol. The van der Waals surface area contributed by atoms with E-state index < -0.39 is 0 Å². The molecule has 0 bridgehead atoms. The quantitative estimate of drug-likeness (QED) is 0.842. The predicted molar refractivity (Wildman–Crippen MR) is 95.0 cm³/mol. The SMILES string of the molecule is CC(C)OC(=O)c1ccc(NC(=O)CN2C[C@@H](C)C[C@H](C)C2)cc1. The number of rotatable bonds is 5. The smallest absolute Gasteiger partial charge is 0.338 e. The van der Waals surface area contributed by atoms with Crippen molar-refractivity contribution in [3.63, 3.8) is 0 Å². The summed E-state index contributed by atoms with van der Waals surface area (Å²) < 4.78 is 5.14. The van der Waals surface area contributed by atoms with E-state index in [1.54, 1.807) is 24.3 Å². The highest BCUT2D eigenvalue weighted by atomic mass is 16.5. The van der Waals surface area contributed by atoms with Gasteiger partial charge in [0.25, 0.3) is 0 Å². The van der Waals surface area contributed by atoms with E-state index in [-0.39, 0.29) is 18.0 Å². The molecular formula is C19H28N2O3. The zero-order valence-corrected chi connectivity index (χ0v) is 15.0. The van der Waals surface area contributed by atoms with Gasteiger partial charge in [-0.3, -0.25) is 9.69 Å². The zero-order valence-electron chi connectivity index (χ0n) is 15.0. The molecule has 2 atom stereocenters. The molecular weight excluding hydrogens is 304 g/mol. The molecule has 0 radical (unpaired) electrons. The Bertz CT molecular complexity index is 558. The number of anilines is 1. The van der Waals surface area contributed by atoms with Crippen molar-refractivity contribution in [2.75, 3.05) is 25.0 Å². The lowest BCUT2D eigenvalue weighted by atomic mass is 9.92. The molecule has 1 aromatic rings. The zero-order chi connectivity index (χ0) is 17.7. The fourth-order valence-electron chi connectivity index (χ4n) is 3.30. The Morgan fingerprint density at radius 1 is 1.17 bits per heavy atom. The van der Waals surface area contributed by atoms with E-state index in [4.69, 9.17) is 4.74 Å². The number of carbonyl (C=O) groups excluding carboxylic acids is 2. The Morgan fingerprint density at radius 3 is 2.29 bits per heavy atom. The van der Waals surface area contributed by atoms with Crippen LogP contribution in [0, 0.1) is 11.8 Å². The van der Waals surface area contributed by atoms with Gasteiger partial charge < -0.3 is 10.1 Å². The lowest BCUT2D eigenvalue weighted by Crippen LogP contribution is -2.42. The summed E-state index contributed by atoms with van der Waals surface area (Å²) in [6, 6.07) is 6.81. The summed E-state index contributed by atoms with van der Waals surface area (Å²) in [5.41, 5.74) is 1.18. The summed E-state index contributed by atoms with van der Waals surface area (Å²) in [7, 11) is 0. The van der Waals surface area contributed by atoms with Crippen molar-refractivity contribution in [2.24, 2.45) is 11.8 Å². The summed E-state index contributed by atoms with van der Waals surface area (Å²) in [5, 5.41) is 2.89. The number of hydrogen-bond acceptors (Lipinski definition) is 4.